The maximum atomic E-state index is 11.4. The number of carbonyl (C=O) groups is 1. The average molecular weight is 199 g/mol. The monoisotopic (exact) mass is 199 g/mol. The van der Waals surface area contributed by atoms with Crippen LogP contribution < -0.4 is 5.84 Å². The van der Waals surface area contributed by atoms with Crippen LogP contribution in [0.25, 0.3) is 0 Å². The van der Waals surface area contributed by atoms with Crippen LogP contribution >= 0.6 is 0 Å². The minimum atomic E-state index is -0.0735. The molecule has 2 N–H and O–H groups in total. The fourth-order valence-corrected chi connectivity index (χ4v) is 1.78. The van der Waals surface area contributed by atoms with E-state index in [1.165, 1.54) is 0 Å². The number of esters is 1. The molecule has 1 saturated carbocycles. The summed E-state index contributed by atoms with van der Waals surface area (Å²) in [5.74, 6) is 4.95. The first-order valence-electron chi connectivity index (χ1n) is 5.04. The maximum Gasteiger partial charge on any atom is 0.308 e. The lowest BCUT2D eigenvalue weighted by molar-refractivity contribution is -0.149. The number of nitrogens with two attached hydrogens (primary N) is 1. The van der Waals surface area contributed by atoms with Crippen molar-refractivity contribution in [3.05, 3.63) is 0 Å². The number of ether oxygens (including phenoxy) is 1. The molecule has 0 radical (unpaired) electrons. The molecule has 0 bridgehead atoms. The van der Waals surface area contributed by atoms with E-state index in [9.17, 15) is 4.79 Å². The third kappa shape index (κ3) is 2.97. The van der Waals surface area contributed by atoms with Gasteiger partial charge in [-0.1, -0.05) is 5.22 Å². The highest BCUT2D eigenvalue weighted by molar-refractivity contribution is 5.72. The van der Waals surface area contributed by atoms with Gasteiger partial charge >= 0.3 is 5.97 Å². The van der Waals surface area contributed by atoms with Crippen LogP contribution in [0.2, 0.25) is 0 Å². The maximum absolute atomic E-state index is 11.4. The van der Waals surface area contributed by atoms with Gasteiger partial charge < -0.3 is 10.6 Å². The number of nitrogens with zero attached hydrogens (tertiary/aromatic N) is 2. The molecule has 0 unspecified atom stereocenters. The topological polar surface area (TPSA) is 77.0 Å². The zero-order chi connectivity index (χ0) is 10.4. The lowest BCUT2D eigenvalue weighted by atomic mass is 9.86. The van der Waals surface area contributed by atoms with Gasteiger partial charge in [0.25, 0.3) is 0 Å². The normalized spacial score (nSPS) is 27.8. The van der Waals surface area contributed by atoms with E-state index < -0.39 is 0 Å². The standard InChI is InChI=1S/C9H17N3O2/c1-2-14-9(13)7-3-5-8(6-4-7)11-12-10/h7-8H,2-6H2,1H3,(H2,10,11). The molecule has 0 spiro atoms. The predicted octanol–water partition coefficient (Wildman–Crippen LogP) is 1.43. The molecule has 0 saturated heterocycles. The Morgan fingerprint density at radius 1 is 1.43 bits per heavy atom. The number of rotatable bonds is 3. The summed E-state index contributed by atoms with van der Waals surface area (Å²) in [5.41, 5.74) is 0. The van der Waals surface area contributed by atoms with Crippen LogP contribution in [-0.4, -0.2) is 18.6 Å². The van der Waals surface area contributed by atoms with Gasteiger partial charge in [-0.05, 0) is 32.6 Å². The van der Waals surface area contributed by atoms with Gasteiger partial charge in [0, 0.05) is 0 Å². The highest BCUT2D eigenvalue weighted by atomic mass is 16.5. The summed E-state index contributed by atoms with van der Waals surface area (Å²) in [6, 6.07) is 0.200. The molecule has 5 heteroatoms. The summed E-state index contributed by atoms with van der Waals surface area (Å²) in [6.45, 7) is 2.29. The smallest absolute Gasteiger partial charge is 0.308 e. The predicted molar refractivity (Wildman–Crippen MR) is 51.4 cm³/mol. The van der Waals surface area contributed by atoms with Gasteiger partial charge in [0.05, 0.1) is 18.6 Å². The molecule has 80 valence electrons. The quantitative estimate of drug-likeness (QED) is 0.323. The second-order valence-corrected chi connectivity index (χ2v) is 3.49. The largest absolute Gasteiger partial charge is 0.466 e. The summed E-state index contributed by atoms with van der Waals surface area (Å²) < 4.78 is 4.96. The molecule has 0 amide bonds. The second-order valence-electron chi connectivity index (χ2n) is 3.49. The van der Waals surface area contributed by atoms with Crippen LogP contribution in [0.3, 0.4) is 0 Å². The third-order valence-corrected chi connectivity index (χ3v) is 2.55. The molecular weight excluding hydrogens is 182 g/mol. The number of hydrogen-bond donors (Lipinski definition) is 1. The lowest BCUT2D eigenvalue weighted by Crippen LogP contribution is -2.25. The molecule has 0 heterocycles. The second kappa shape index (κ2) is 5.57. The molecular formula is C9H17N3O2. The van der Waals surface area contributed by atoms with Crippen molar-refractivity contribution in [1.29, 1.82) is 0 Å². The minimum absolute atomic E-state index is 0.0548. The van der Waals surface area contributed by atoms with Gasteiger partial charge in [-0.25, -0.2) is 0 Å². The Hall–Kier alpha value is -1.13. The molecule has 0 atom stereocenters. The fraction of sp³-hybridized carbons (Fsp3) is 0.889. The zero-order valence-electron chi connectivity index (χ0n) is 8.48. The molecule has 0 aromatic rings. The van der Waals surface area contributed by atoms with Crippen molar-refractivity contribution in [2.24, 2.45) is 22.1 Å². The first-order chi connectivity index (χ1) is 6.77. The molecule has 5 nitrogen and oxygen atoms in total. The lowest BCUT2D eigenvalue weighted by Gasteiger charge is -2.23. The van der Waals surface area contributed by atoms with Crippen molar-refractivity contribution in [3.63, 3.8) is 0 Å². The van der Waals surface area contributed by atoms with Gasteiger partial charge in [-0.3, -0.25) is 4.79 Å². The number of carbonyl (C=O) groups excluding carboxylic acids is 1. The van der Waals surface area contributed by atoms with Crippen LogP contribution in [0, 0.1) is 5.92 Å². The highest BCUT2D eigenvalue weighted by Gasteiger charge is 2.26. The van der Waals surface area contributed by atoms with E-state index in [-0.39, 0.29) is 17.9 Å². The van der Waals surface area contributed by atoms with Gasteiger partial charge in [-0.2, -0.15) is 5.11 Å². The Labute approximate surface area is 83.7 Å². The van der Waals surface area contributed by atoms with Crippen LogP contribution in [0.5, 0.6) is 0 Å². The molecule has 0 aliphatic heterocycles. The van der Waals surface area contributed by atoms with Crippen LogP contribution in [0.4, 0.5) is 0 Å². The Balaban J connectivity index is 2.31. The molecule has 0 aromatic carbocycles. The van der Waals surface area contributed by atoms with Gasteiger partial charge in [0.2, 0.25) is 0 Å². The Morgan fingerprint density at radius 3 is 2.57 bits per heavy atom. The molecule has 1 rings (SSSR count). The minimum Gasteiger partial charge on any atom is -0.466 e. The van der Waals surface area contributed by atoms with E-state index in [2.05, 4.69) is 10.3 Å². The summed E-state index contributed by atoms with van der Waals surface area (Å²) in [5, 5.41) is 7.15. The Kier molecular flexibility index (Phi) is 4.35. The third-order valence-electron chi connectivity index (χ3n) is 2.55. The first-order valence-corrected chi connectivity index (χ1v) is 5.04. The average Bonchev–Trinajstić information content (AvgIpc) is 2.20. The summed E-state index contributed by atoms with van der Waals surface area (Å²) >= 11 is 0. The van der Waals surface area contributed by atoms with E-state index in [4.69, 9.17) is 10.6 Å². The highest BCUT2D eigenvalue weighted by Crippen LogP contribution is 2.27. The van der Waals surface area contributed by atoms with Crippen molar-refractivity contribution < 1.29 is 9.53 Å². The summed E-state index contributed by atoms with van der Waals surface area (Å²) in [6.07, 6.45) is 3.43. The van der Waals surface area contributed by atoms with Crippen LogP contribution in [-0.2, 0) is 9.53 Å². The van der Waals surface area contributed by atoms with Crippen molar-refractivity contribution in [1.82, 2.24) is 0 Å². The molecule has 1 aliphatic carbocycles. The van der Waals surface area contributed by atoms with Crippen molar-refractivity contribution in [2.75, 3.05) is 6.61 Å². The molecule has 1 fully saturated rings. The SMILES string of the molecule is CCOC(=O)C1CCC(N=NN)CC1. The Bertz CT molecular complexity index is 210. The van der Waals surface area contributed by atoms with E-state index >= 15 is 0 Å². The van der Waals surface area contributed by atoms with Crippen LogP contribution in [0.1, 0.15) is 32.6 Å². The van der Waals surface area contributed by atoms with E-state index in [0.717, 1.165) is 25.7 Å². The number of hydrogen-bond acceptors (Lipinski definition) is 4. The van der Waals surface area contributed by atoms with E-state index in [1.807, 2.05) is 6.92 Å². The van der Waals surface area contributed by atoms with Crippen molar-refractivity contribution >= 4 is 5.97 Å². The fourth-order valence-electron chi connectivity index (χ4n) is 1.78. The Morgan fingerprint density at radius 2 is 2.07 bits per heavy atom. The zero-order valence-corrected chi connectivity index (χ0v) is 8.48. The van der Waals surface area contributed by atoms with E-state index in [0.29, 0.717) is 6.61 Å². The summed E-state index contributed by atoms with van der Waals surface area (Å²) in [4.78, 5) is 11.4. The van der Waals surface area contributed by atoms with Crippen molar-refractivity contribution in [2.45, 2.75) is 38.6 Å². The van der Waals surface area contributed by atoms with Crippen molar-refractivity contribution in [3.8, 4) is 0 Å². The van der Waals surface area contributed by atoms with Crippen LogP contribution in [0.15, 0.2) is 10.3 Å². The summed E-state index contributed by atoms with van der Waals surface area (Å²) in [7, 11) is 0. The molecule has 0 aromatic heterocycles. The first kappa shape index (κ1) is 10.9. The molecule has 1 aliphatic rings. The van der Waals surface area contributed by atoms with Gasteiger partial charge in [0.15, 0.2) is 0 Å². The van der Waals surface area contributed by atoms with Gasteiger partial charge in [0.1, 0.15) is 0 Å². The van der Waals surface area contributed by atoms with E-state index in [1.54, 1.807) is 0 Å². The van der Waals surface area contributed by atoms with Gasteiger partial charge in [-0.15, -0.1) is 0 Å². The molecule has 14 heavy (non-hydrogen) atoms.